The van der Waals surface area contributed by atoms with Gasteiger partial charge >= 0.3 is 0 Å². The van der Waals surface area contributed by atoms with E-state index in [-0.39, 0.29) is 0 Å². The molecule has 0 aromatic carbocycles. The molecule has 78 valence electrons. The van der Waals surface area contributed by atoms with Crippen molar-refractivity contribution < 1.29 is 0 Å². The van der Waals surface area contributed by atoms with Crippen LogP contribution in [-0.2, 0) is 0 Å². The fourth-order valence-electron chi connectivity index (χ4n) is 1.64. The first-order valence-electron chi connectivity index (χ1n) is 5.33. The molecule has 2 rings (SSSR count). The largest absolute Gasteiger partial charge is 0.361 e. The van der Waals surface area contributed by atoms with Crippen LogP contribution >= 0.6 is 11.3 Å². The van der Waals surface area contributed by atoms with E-state index in [9.17, 15) is 0 Å². The zero-order valence-electron chi connectivity index (χ0n) is 9.18. The van der Waals surface area contributed by atoms with Gasteiger partial charge in [0.1, 0.15) is 0 Å². The van der Waals surface area contributed by atoms with Gasteiger partial charge in [-0.05, 0) is 38.5 Å². The van der Waals surface area contributed by atoms with Crippen molar-refractivity contribution in [1.82, 2.24) is 4.98 Å². The topological polar surface area (TPSA) is 24.9 Å². The van der Waals surface area contributed by atoms with Gasteiger partial charge in [-0.2, -0.15) is 0 Å². The molecular weight excluding hydrogens is 192 g/mol. The summed E-state index contributed by atoms with van der Waals surface area (Å²) in [7, 11) is 0. The smallest absolute Gasteiger partial charge is 0.183 e. The minimum atomic E-state index is 0.605. The number of aromatic nitrogens is 1. The molecule has 0 amide bonds. The number of hydrogen-bond acceptors (Lipinski definition) is 3. The van der Waals surface area contributed by atoms with Gasteiger partial charge in [-0.15, -0.1) is 11.3 Å². The second kappa shape index (κ2) is 3.54. The van der Waals surface area contributed by atoms with E-state index in [4.69, 9.17) is 0 Å². The highest BCUT2D eigenvalue weighted by Crippen LogP contribution is 2.48. The summed E-state index contributed by atoms with van der Waals surface area (Å²) in [5.41, 5.74) is 1.77. The molecule has 1 fully saturated rings. The van der Waals surface area contributed by atoms with Gasteiger partial charge < -0.3 is 5.32 Å². The molecule has 0 aliphatic heterocycles. The van der Waals surface area contributed by atoms with Crippen LogP contribution in [0, 0.1) is 19.3 Å². The van der Waals surface area contributed by atoms with Gasteiger partial charge in [-0.25, -0.2) is 4.98 Å². The molecule has 1 aliphatic carbocycles. The summed E-state index contributed by atoms with van der Waals surface area (Å²) in [5.74, 6) is 0. The van der Waals surface area contributed by atoms with Gasteiger partial charge in [0, 0.05) is 11.4 Å². The van der Waals surface area contributed by atoms with Crippen molar-refractivity contribution in [3.8, 4) is 0 Å². The SMILES string of the molecule is CCC1(CNc2nc(C)c(C)s2)CC1. The van der Waals surface area contributed by atoms with E-state index < -0.39 is 0 Å². The monoisotopic (exact) mass is 210 g/mol. The van der Waals surface area contributed by atoms with E-state index in [2.05, 4.69) is 31.1 Å². The molecule has 0 atom stereocenters. The lowest BCUT2D eigenvalue weighted by atomic mass is 10.0. The van der Waals surface area contributed by atoms with Crippen molar-refractivity contribution in [2.24, 2.45) is 5.41 Å². The highest BCUT2D eigenvalue weighted by atomic mass is 32.1. The molecule has 1 N–H and O–H groups in total. The van der Waals surface area contributed by atoms with Crippen LogP contribution in [0.5, 0.6) is 0 Å². The molecule has 1 aromatic heterocycles. The van der Waals surface area contributed by atoms with Crippen LogP contribution in [0.1, 0.15) is 36.8 Å². The lowest BCUT2D eigenvalue weighted by Crippen LogP contribution is -2.14. The van der Waals surface area contributed by atoms with Crippen molar-refractivity contribution in [1.29, 1.82) is 0 Å². The van der Waals surface area contributed by atoms with E-state index in [0.717, 1.165) is 11.7 Å². The molecule has 1 aliphatic rings. The zero-order valence-corrected chi connectivity index (χ0v) is 10.0. The van der Waals surface area contributed by atoms with E-state index >= 15 is 0 Å². The van der Waals surface area contributed by atoms with Crippen molar-refractivity contribution in [3.63, 3.8) is 0 Å². The average Bonchev–Trinajstić information content (AvgIpc) is 2.88. The Morgan fingerprint density at radius 1 is 1.43 bits per heavy atom. The first-order chi connectivity index (χ1) is 6.65. The van der Waals surface area contributed by atoms with E-state index in [1.165, 1.54) is 29.8 Å². The zero-order chi connectivity index (χ0) is 10.2. The van der Waals surface area contributed by atoms with Gasteiger partial charge in [0.15, 0.2) is 5.13 Å². The molecule has 0 saturated heterocycles. The normalized spacial score (nSPS) is 18.2. The van der Waals surface area contributed by atoms with Crippen molar-refractivity contribution >= 4 is 16.5 Å². The summed E-state index contributed by atoms with van der Waals surface area (Å²) < 4.78 is 0. The van der Waals surface area contributed by atoms with Crippen LogP contribution in [0.25, 0.3) is 0 Å². The third-order valence-electron chi connectivity index (χ3n) is 3.35. The third-order valence-corrected chi connectivity index (χ3v) is 4.38. The summed E-state index contributed by atoms with van der Waals surface area (Å²) in [6.45, 7) is 7.59. The maximum absolute atomic E-state index is 4.48. The van der Waals surface area contributed by atoms with Gasteiger partial charge in [-0.1, -0.05) is 6.92 Å². The van der Waals surface area contributed by atoms with Crippen molar-refractivity contribution in [3.05, 3.63) is 10.6 Å². The molecule has 1 saturated carbocycles. The maximum Gasteiger partial charge on any atom is 0.183 e. The van der Waals surface area contributed by atoms with E-state index in [0.29, 0.717) is 5.41 Å². The summed E-state index contributed by atoms with van der Waals surface area (Å²) in [6.07, 6.45) is 4.07. The molecule has 2 nitrogen and oxygen atoms in total. The number of hydrogen-bond donors (Lipinski definition) is 1. The molecule has 0 bridgehead atoms. The van der Waals surface area contributed by atoms with Crippen LogP contribution < -0.4 is 5.32 Å². The molecule has 14 heavy (non-hydrogen) atoms. The standard InChI is InChI=1S/C11H18N2S/c1-4-11(5-6-11)7-12-10-13-8(2)9(3)14-10/h4-7H2,1-3H3,(H,12,13). The fourth-order valence-corrected chi connectivity index (χ4v) is 2.45. The Morgan fingerprint density at radius 2 is 2.14 bits per heavy atom. The molecule has 1 aromatic rings. The summed E-state index contributed by atoms with van der Waals surface area (Å²) >= 11 is 1.77. The van der Waals surface area contributed by atoms with Gasteiger partial charge in [-0.3, -0.25) is 0 Å². The Labute approximate surface area is 89.8 Å². The number of aryl methyl sites for hydroxylation is 2. The number of rotatable bonds is 4. The minimum absolute atomic E-state index is 0.605. The first kappa shape index (κ1) is 9.97. The molecule has 3 heteroatoms. The summed E-state index contributed by atoms with van der Waals surface area (Å²) in [5, 5.41) is 4.56. The predicted octanol–water partition coefficient (Wildman–Crippen LogP) is 3.36. The van der Waals surface area contributed by atoms with Gasteiger partial charge in [0.2, 0.25) is 0 Å². The van der Waals surface area contributed by atoms with Crippen LogP contribution in [0.3, 0.4) is 0 Å². The lowest BCUT2D eigenvalue weighted by molar-refractivity contribution is 0.521. The van der Waals surface area contributed by atoms with Crippen molar-refractivity contribution in [2.45, 2.75) is 40.0 Å². The third kappa shape index (κ3) is 1.92. The maximum atomic E-state index is 4.48. The Kier molecular flexibility index (Phi) is 2.52. The predicted molar refractivity (Wildman–Crippen MR) is 62.0 cm³/mol. The van der Waals surface area contributed by atoms with Crippen LogP contribution in [0.4, 0.5) is 5.13 Å². The second-order valence-corrected chi connectivity index (χ2v) is 5.57. The van der Waals surface area contributed by atoms with E-state index in [1.54, 1.807) is 11.3 Å². The Bertz CT molecular complexity index is 307. The van der Waals surface area contributed by atoms with Crippen LogP contribution in [0.15, 0.2) is 0 Å². The number of anilines is 1. The van der Waals surface area contributed by atoms with Gasteiger partial charge in [0.25, 0.3) is 0 Å². The summed E-state index contributed by atoms with van der Waals surface area (Å²) in [6, 6.07) is 0. The highest BCUT2D eigenvalue weighted by molar-refractivity contribution is 7.15. The Balaban J connectivity index is 1.92. The number of nitrogens with one attached hydrogen (secondary N) is 1. The fraction of sp³-hybridized carbons (Fsp3) is 0.727. The Morgan fingerprint density at radius 3 is 2.57 bits per heavy atom. The summed E-state index contributed by atoms with van der Waals surface area (Å²) in [4.78, 5) is 5.81. The first-order valence-corrected chi connectivity index (χ1v) is 6.15. The minimum Gasteiger partial charge on any atom is -0.361 e. The lowest BCUT2D eigenvalue weighted by Gasteiger charge is -2.11. The number of nitrogens with zero attached hydrogens (tertiary/aromatic N) is 1. The molecule has 1 heterocycles. The molecular formula is C11H18N2S. The Hall–Kier alpha value is -0.570. The second-order valence-electron chi connectivity index (χ2n) is 4.37. The quantitative estimate of drug-likeness (QED) is 0.824. The van der Waals surface area contributed by atoms with E-state index in [1.807, 2.05) is 0 Å². The van der Waals surface area contributed by atoms with Crippen molar-refractivity contribution in [2.75, 3.05) is 11.9 Å². The number of thiazole rings is 1. The molecule has 0 spiro atoms. The molecule has 0 radical (unpaired) electrons. The highest BCUT2D eigenvalue weighted by Gasteiger charge is 2.40. The van der Waals surface area contributed by atoms with Crippen LogP contribution in [0.2, 0.25) is 0 Å². The van der Waals surface area contributed by atoms with Crippen LogP contribution in [-0.4, -0.2) is 11.5 Å². The average molecular weight is 210 g/mol. The van der Waals surface area contributed by atoms with Gasteiger partial charge in [0.05, 0.1) is 5.69 Å². The molecule has 0 unspecified atom stereocenters.